The number of amides is 1. The quantitative estimate of drug-likeness (QED) is 0.855. The van der Waals surface area contributed by atoms with Gasteiger partial charge in [-0.1, -0.05) is 6.07 Å². The zero-order valence-electron chi connectivity index (χ0n) is 10.9. The maximum atomic E-state index is 12.4. The molecule has 0 radical (unpaired) electrons. The van der Waals surface area contributed by atoms with Crippen LogP contribution in [0, 0.1) is 0 Å². The van der Waals surface area contributed by atoms with Gasteiger partial charge in [0.2, 0.25) is 0 Å². The summed E-state index contributed by atoms with van der Waals surface area (Å²) in [5.74, 6) is 0.292. The molecule has 0 bridgehead atoms. The molecule has 1 aromatic heterocycles. The van der Waals surface area contributed by atoms with Gasteiger partial charge in [0.1, 0.15) is 11.3 Å². The smallest absolute Gasteiger partial charge is 0.259 e. The van der Waals surface area contributed by atoms with Crippen molar-refractivity contribution in [2.45, 2.75) is 6.54 Å². The van der Waals surface area contributed by atoms with E-state index in [0.29, 0.717) is 23.5 Å². The Bertz CT molecular complexity index is 564. The number of carbonyl (C=O) groups is 1. The molecule has 2 rings (SSSR count). The highest BCUT2D eigenvalue weighted by atomic mass is 16.5. The Morgan fingerprint density at radius 3 is 2.84 bits per heavy atom. The number of hydrogen-bond donors (Lipinski definition) is 1. The SMILES string of the molecule is COc1cccc(N)c1C(=O)N(C)Cc1ccoc1. The fourth-order valence-corrected chi connectivity index (χ4v) is 1.87. The predicted molar refractivity (Wildman–Crippen MR) is 71.9 cm³/mol. The number of benzene rings is 1. The first-order valence-corrected chi connectivity index (χ1v) is 5.82. The van der Waals surface area contributed by atoms with Crippen molar-refractivity contribution in [1.82, 2.24) is 4.90 Å². The molecule has 2 N–H and O–H groups in total. The van der Waals surface area contributed by atoms with E-state index in [0.717, 1.165) is 5.56 Å². The lowest BCUT2D eigenvalue weighted by Gasteiger charge is -2.19. The number of ether oxygens (including phenoxy) is 1. The molecule has 0 aliphatic carbocycles. The minimum absolute atomic E-state index is 0.184. The van der Waals surface area contributed by atoms with E-state index in [-0.39, 0.29) is 5.91 Å². The van der Waals surface area contributed by atoms with Gasteiger partial charge in [-0.2, -0.15) is 0 Å². The summed E-state index contributed by atoms with van der Waals surface area (Å²) < 4.78 is 10.2. The normalized spacial score (nSPS) is 10.2. The van der Waals surface area contributed by atoms with Crippen molar-refractivity contribution in [2.24, 2.45) is 0 Å². The first-order chi connectivity index (χ1) is 9.13. The van der Waals surface area contributed by atoms with Crippen molar-refractivity contribution in [1.29, 1.82) is 0 Å². The molecule has 1 amide bonds. The van der Waals surface area contributed by atoms with Gasteiger partial charge in [-0.25, -0.2) is 0 Å². The maximum Gasteiger partial charge on any atom is 0.259 e. The minimum atomic E-state index is -0.184. The number of nitrogens with zero attached hydrogens (tertiary/aromatic N) is 1. The van der Waals surface area contributed by atoms with Crippen molar-refractivity contribution in [3.63, 3.8) is 0 Å². The summed E-state index contributed by atoms with van der Waals surface area (Å²) in [6, 6.07) is 6.97. The number of methoxy groups -OCH3 is 1. The Morgan fingerprint density at radius 1 is 1.42 bits per heavy atom. The summed E-state index contributed by atoms with van der Waals surface area (Å²) in [6.07, 6.45) is 3.18. The highest BCUT2D eigenvalue weighted by Gasteiger charge is 2.19. The second-order valence-corrected chi connectivity index (χ2v) is 4.22. The molecule has 19 heavy (non-hydrogen) atoms. The summed E-state index contributed by atoms with van der Waals surface area (Å²) in [5.41, 5.74) is 7.57. The molecule has 0 saturated carbocycles. The van der Waals surface area contributed by atoms with E-state index in [9.17, 15) is 4.79 Å². The third kappa shape index (κ3) is 2.70. The molecule has 0 fully saturated rings. The molecule has 1 heterocycles. The number of rotatable bonds is 4. The van der Waals surface area contributed by atoms with Gasteiger partial charge in [-0.15, -0.1) is 0 Å². The second kappa shape index (κ2) is 5.48. The molecule has 0 spiro atoms. The van der Waals surface area contributed by atoms with Crippen LogP contribution in [0.4, 0.5) is 5.69 Å². The van der Waals surface area contributed by atoms with Crippen LogP contribution in [0.3, 0.4) is 0 Å². The van der Waals surface area contributed by atoms with E-state index < -0.39 is 0 Å². The van der Waals surface area contributed by atoms with E-state index in [1.807, 2.05) is 6.07 Å². The minimum Gasteiger partial charge on any atom is -0.496 e. The van der Waals surface area contributed by atoms with Crippen LogP contribution in [-0.4, -0.2) is 25.0 Å². The van der Waals surface area contributed by atoms with Gasteiger partial charge in [-0.05, 0) is 18.2 Å². The predicted octanol–water partition coefficient (Wildman–Crippen LogP) is 2.14. The van der Waals surface area contributed by atoms with Crippen LogP contribution >= 0.6 is 0 Å². The summed E-state index contributed by atoms with van der Waals surface area (Å²) in [4.78, 5) is 14.0. The molecule has 1 aromatic carbocycles. The standard InChI is InChI=1S/C14H16N2O3/c1-16(8-10-6-7-19-9-10)14(17)13-11(15)4-3-5-12(13)18-2/h3-7,9H,8,15H2,1-2H3. The van der Waals surface area contributed by atoms with Crippen LogP contribution in [0.15, 0.2) is 41.2 Å². The van der Waals surface area contributed by atoms with E-state index in [1.165, 1.54) is 7.11 Å². The molecular weight excluding hydrogens is 244 g/mol. The third-order valence-corrected chi connectivity index (χ3v) is 2.84. The summed E-state index contributed by atoms with van der Waals surface area (Å²) in [6.45, 7) is 0.451. The zero-order valence-corrected chi connectivity index (χ0v) is 10.9. The highest BCUT2D eigenvalue weighted by Crippen LogP contribution is 2.25. The lowest BCUT2D eigenvalue weighted by atomic mass is 10.1. The number of nitrogens with two attached hydrogens (primary N) is 1. The highest BCUT2D eigenvalue weighted by molar-refractivity contribution is 6.01. The topological polar surface area (TPSA) is 68.7 Å². The first kappa shape index (κ1) is 13.0. The fraction of sp³-hybridized carbons (Fsp3) is 0.214. The lowest BCUT2D eigenvalue weighted by molar-refractivity contribution is 0.0782. The monoisotopic (exact) mass is 260 g/mol. The Hall–Kier alpha value is -2.43. The van der Waals surface area contributed by atoms with E-state index in [1.54, 1.807) is 42.7 Å². The Balaban J connectivity index is 2.24. The molecule has 5 nitrogen and oxygen atoms in total. The fourth-order valence-electron chi connectivity index (χ4n) is 1.87. The number of furan rings is 1. The van der Waals surface area contributed by atoms with E-state index in [2.05, 4.69) is 0 Å². The van der Waals surface area contributed by atoms with Crippen molar-refractivity contribution in [3.8, 4) is 5.75 Å². The molecule has 0 saturated heterocycles. The average Bonchev–Trinajstić information content (AvgIpc) is 2.90. The molecule has 5 heteroatoms. The second-order valence-electron chi connectivity index (χ2n) is 4.22. The summed E-state index contributed by atoms with van der Waals surface area (Å²) in [7, 11) is 3.23. The van der Waals surface area contributed by atoms with Gasteiger partial charge in [0.05, 0.1) is 19.6 Å². The summed E-state index contributed by atoms with van der Waals surface area (Å²) >= 11 is 0. The van der Waals surface area contributed by atoms with Crippen LogP contribution in [-0.2, 0) is 6.54 Å². The van der Waals surface area contributed by atoms with Crippen LogP contribution < -0.4 is 10.5 Å². The van der Waals surface area contributed by atoms with Crippen molar-refractivity contribution < 1.29 is 13.9 Å². The third-order valence-electron chi connectivity index (χ3n) is 2.84. The Kier molecular flexibility index (Phi) is 3.75. The molecule has 0 atom stereocenters. The molecule has 2 aromatic rings. The molecule has 0 aliphatic heterocycles. The molecule has 100 valence electrons. The van der Waals surface area contributed by atoms with Gasteiger partial charge >= 0.3 is 0 Å². The number of carbonyl (C=O) groups excluding carboxylic acids is 1. The van der Waals surface area contributed by atoms with Crippen LogP contribution in [0.2, 0.25) is 0 Å². The number of hydrogen-bond acceptors (Lipinski definition) is 4. The molecule has 0 aliphatic rings. The van der Waals surface area contributed by atoms with Gasteiger partial charge in [-0.3, -0.25) is 4.79 Å². The largest absolute Gasteiger partial charge is 0.496 e. The number of nitrogen functional groups attached to an aromatic ring is 1. The van der Waals surface area contributed by atoms with Crippen molar-refractivity contribution in [3.05, 3.63) is 47.9 Å². The van der Waals surface area contributed by atoms with Crippen LogP contribution in [0.5, 0.6) is 5.75 Å². The van der Waals surface area contributed by atoms with E-state index in [4.69, 9.17) is 14.9 Å². The Labute approximate surface area is 111 Å². The first-order valence-electron chi connectivity index (χ1n) is 5.82. The van der Waals surface area contributed by atoms with Crippen molar-refractivity contribution in [2.75, 3.05) is 19.9 Å². The van der Waals surface area contributed by atoms with Gasteiger partial charge in [0, 0.05) is 24.8 Å². The van der Waals surface area contributed by atoms with Crippen LogP contribution in [0.1, 0.15) is 15.9 Å². The van der Waals surface area contributed by atoms with Gasteiger partial charge in [0.15, 0.2) is 0 Å². The average molecular weight is 260 g/mol. The number of anilines is 1. The summed E-state index contributed by atoms with van der Waals surface area (Å²) in [5, 5.41) is 0. The van der Waals surface area contributed by atoms with Crippen molar-refractivity contribution >= 4 is 11.6 Å². The molecule has 0 unspecified atom stereocenters. The lowest BCUT2D eigenvalue weighted by Crippen LogP contribution is -2.27. The van der Waals surface area contributed by atoms with E-state index >= 15 is 0 Å². The molecular formula is C14H16N2O3. The van der Waals surface area contributed by atoms with Gasteiger partial charge < -0.3 is 19.8 Å². The Morgan fingerprint density at radius 2 is 2.21 bits per heavy atom. The zero-order chi connectivity index (χ0) is 13.8. The van der Waals surface area contributed by atoms with Gasteiger partial charge in [0.25, 0.3) is 5.91 Å². The maximum absolute atomic E-state index is 12.4. The van der Waals surface area contributed by atoms with Crippen LogP contribution in [0.25, 0.3) is 0 Å².